The summed E-state index contributed by atoms with van der Waals surface area (Å²) >= 11 is 0.911. The summed E-state index contributed by atoms with van der Waals surface area (Å²) in [5.41, 5.74) is 12.4. The van der Waals surface area contributed by atoms with Crippen LogP contribution in [0.2, 0.25) is 0 Å². The lowest BCUT2D eigenvalue weighted by Gasteiger charge is -2.28. The van der Waals surface area contributed by atoms with E-state index < -0.39 is 17.9 Å². The molecule has 1 unspecified atom stereocenters. The van der Waals surface area contributed by atoms with Crippen LogP contribution in [0.4, 0.5) is 25.3 Å². The summed E-state index contributed by atoms with van der Waals surface area (Å²) in [4.78, 5) is 4.20. The SMILES string of the molecule is Cn1ncc(NC(O)c2nc(-c3c(F)cccc3F)sc2N)c1NC1CCC(N)CC1. The molecule has 1 atom stereocenters. The quantitative estimate of drug-likeness (QED) is 0.366. The van der Waals surface area contributed by atoms with Crippen molar-refractivity contribution in [3.05, 3.63) is 41.7 Å². The minimum absolute atomic E-state index is 0.0621. The lowest BCUT2D eigenvalue weighted by molar-refractivity contribution is 0.205. The van der Waals surface area contributed by atoms with E-state index in [0.717, 1.165) is 49.2 Å². The third-order valence-corrected chi connectivity index (χ3v) is 6.38. The fourth-order valence-corrected chi connectivity index (χ4v) is 4.65. The van der Waals surface area contributed by atoms with Gasteiger partial charge < -0.3 is 27.2 Å². The predicted octanol–water partition coefficient (Wildman–Crippen LogP) is 3.19. The molecular weight excluding hydrogens is 424 g/mol. The van der Waals surface area contributed by atoms with Crippen LogP contribution < -0.4 is 22.1 Å². The second-order valence-corrected chi connectivity index (χ2v) is 8.73. The van der Waals surface area contributed by atoms with Crippen molar-refractivity contribution in [2.24, 2.45) is 12.8 Å². The average Bonchev–Trinajstić information content (AvgIpc) is 3.27. The summed E-state index contributed by atoms with van der Waals surface area (Å²) in [7, 11) is 1.80. The summed E-state index contributed by atoms with van der Waals surface area (Å²) in [5, 5.41) is 21.6. The molecule has 166 valence electrons. The molecule has 3 aromatic rings. The van der Waals surface area contributed by atoms with Gasteiger partial charge in [-0.1, -0.05) is 17.4 Å². The maximum absolute atomic E-state index is 14.1. The first-order valence-electron chi connectivity index (χ1n) is 10.0. The second kappa shape index (κ2) is 8.77. The molecule has 0 amide bonds. The predicted molar refractivity (Wildman–Crippen MR) is 118 cm³/mol. The molecular formula is C20H25F2N7OS. The van der Waals surface area contributed by atoms with Gasteiger partial charge in [-0.15, -0.1) is 0 Å². The van der Waals surface area contributed by atoms with Gasteiger partial charge in [0, 0.05) is 19.1 Å². The number of aromatic nitrogens is 3. The second-order valence-electron chi connectivity index (χ2n) is 7.70. The highest BCUT2D eigenvalue weighted by Crippen LogP contribution is 2.36. The van der Waals surface area contributed by atoms with Crippen LogP contribution in [0.1, 0.15) is 37.6 Å². The van der Waals surface area contributed by atoms with Gasteiger partial charge in [-0.05, 0) is 37.8 Å². The molecule has 0 saturated heterocycles. The number of nitrogens with one attached hydrogen (secondary N) is 2. The highest BCUT2D eigenvalue weighted by molar-refractivity contribution is 7.18. The molecule has 0 bridgehead atoms. The van der Waals surface area contributed by atoms with Crippen LogP contribution in [-0.4, -0.2) is 32.0 Å². The Balaban J connectivity index is 1.53. The third kappa shape index (κ3) is 4.48. The highest BCUT2D eigenvalue weighted by atomic mass is 32.1. The van der Waals surface area contributed by atoms with Crippen molar-refractivity contribution in [3.63, 3.8) is 0 Å². The van der Waals surface area contributed by atoms with E-state index in [-0.39, 0.29) is 33.3 Å². The van der Waals surface area contributed by atoms with Gasteiger partial charge in [0.1, 0.15) is 33.2 Å². The van der Waals surface area contributed by atoms with Crippen molar-refractivity contribution < 1.29 is 13.9 Å². The number of hydrogen-bond donors (Lipinski definition) is 5. The van der Waals surface area contributed by atoms with Crippen molar-refractivity contribution in [3.8, 4) is 10.6 Å². The van der Waals surface area contributed by atoms with Crippen molar-refractivity contribution in [1.29, 1.82) is 0 Å². The Morgan fingerprint density at radius 3 is 2.58 bits per heavy atom. The average molecular weight is 450 g/mol. The molecule has 4 rings (SSSR count). The fourth-order valence-electron chi connectivity index (χ4n) is 3.74. The molecule has 0 aliphatic heterocycles. The Kier molecular flexibility index (Phi) is 6.08. The van der Waals surface area contributed by atoms with Crippen LogP contribution in [0.25, 0.3) is 10.6 Å². The first-order chi connectivity index (χ1) is 14.8. The maximum atomic E-state index is 14.1. The summed E-state index contributed by atoms with van der Waals surface area (Å²) in [6, 6.07) is 4.07. The van der Waals surface area contributed by atoms with Gasteiger partial charge in [0.2, 0.25) is 0 Å². The van der Waals surface area contributed by atoms with Crippen LogP contribution in [0, 0.1) is 11.6 Å². The van der Waals surface area contributed by atoms with Crippen LogP contribution in [0.3, 0.4) is 0 Å². The molecule has 8 nitrogen and oxygen atoms in total. The lowest BCUT2D eigenvalue weighted by Crippen LogP contribution is -2.33. The van der Waals surface area contributed by atoms with E-state index in [0.29, 0.717) is 11.5 Å². The Bertz CT molecular complexity index is 1040. The molecule has 2 aromatic heterocycles. The number of aliphatic hydroxyl groups excluding tert-OH is 1. The number of rotatable bonds is 6. The number of aliphatic hydroxyl groups is 1. The smallest absolute Gasteiger partial charge is 0.171 e. The molecule has 1 fully saturated rings. The topological polar surface area (TPSA) is 127 Å². The minimum Gasteiger partial charge on any atom is -0.389 e. The van der Waals surface area contributed by atoms with E-state index in [1.165, 1.54) is 6.07 Å². The molecule has 1 aliphatic rings. The van der Waals surface area contributed by atoms with Crippen LogP contribution in [0.15, 0.2) is 24.4 Å². The van der Waals surface area contributed by atoms with Crippen molar-refractivity contribution in [2.75, 3.05) is 16.4 Å². The monoisotopic (exact) mass is 449 g/mol. The van der Waals surface area contributed by atoms with Gasteiger partial charge in [-0.25, -0.2) is 13.8 Å². The molecule has 31 heavy (non-hydrogen) atoms. The number of thiazole rings is 1. The number of nitrogen functional groups attached to an aromatic ring is 1. The number of hydrogen-bond acceptors (Lipinski definition) is 8. The highest BCUT2D eigenvalue weighted by Gasteiger charge is 2.24. The Morgan fingerprint density at radius 2 is 1.90 bits per heavy atom. The van der Waals surface area contributed by atoms with Crippen LogP contribution in [0.5, 0.6) is 0 Å². The first-order valence-corrected chi connectivity index (χ1v) is 10.8. The van der Waals surface area contributed by atoms with Crippen LogP contribution in [-0.2, 0) is 7.05 Å². The standard InChI is InChI=1S/C20H25F2N7OS/c1-29-18(26-11-7-5-10(23)6-8-11)14(9-25-29)27-19(30)16-17(24)31-20(28-16)15-12(21)3-2-4-13(15)22/h2-4,9-11,19,26-27,30H,5-8,23-24H2,1H3. The summed E-state index contributed by atoms with van der Waals surface area (Å²) in [6.07, 6.45) is 4.09. The summed E-state index contributed by atoms with van der Waals surface area (Å²) in [5.74, 6) is -0.768. The van der Waals surface area contributed by atoms with E-state index in [9.17, 15) is 13.9 Å². The van der Waals surface area contributed by atoms with Crippen molar-refractivity contribution in [2.45, 2.75) is 44.0 Å². The number of nitrogens with zero attached hydrogens (tertiary/aromatic N) is 3. The zero-order valence-corrected chi connectivity index (χ0v) is 17.8. The van der Waals surface area contributed by atoms with Gasteiger partial charge >= 0.3 is 0 Å². The molecule has 0 spiro atoms. The van der Waals surface area contributed by atoms with Gasteiger partial charge in [0.25, 0.3) is 0 Å². The molecule has 1 aromatic carbocycles. The fraction of sp³-hybridized carbons (Fsp3) is 0.400. The van der Waals surface area contributed by atoms with Crippen molar-refractivity contribution >= 4 is 27.8 Å². The third-order valence-electron chi connectivity index (χ3n) is 5.46. The minimum atomic E-state index is -1.29. The number of halogens is 2. The molecule has 2 heterocycles. The van der Waals surface area contributed by atoms with Gasteiger partial charge in [0.05, 0.1) is 17.4 Å². The Labute approximate surface area is 182 Å². The zero-order valence-electron chi connectivity index (χ0n) is 17.0. The summed E-state index contributed by atoms with van der Waals surface area (Å²) in [6.45, 7) is 0. The molecule has 1 saturated carbocycles. The van der Waals surface area contributed by atoms with E-state index in [1.807, 2.05) is 0 Å². The molecule has 7 N–H and O–H groups in total. The van der Waals surface area contributed by atoms with Crippen molar-refractivity contribution in [1.82, 2.24) is 14.8 Å². The van der Waals surface area contributed by atoms with E-state index in [4.69, 9.17) is 11.5 Å². The van der Waals surface area contributed by atoms with Gasteiger partial charge in [0.15, 0.2) is 6.23 Å². The molecule has 11 heteroatoms. The first kappa shape index (κ1) is 21.5. The maximum Gasteiger partial charge on any atom is 0.171 e. The van der Waals surface area contributed by atoms with E-state index >= 15 is 0 Å². The lowest BCUT2D eigenvalue weighted by atomic mass is 9.92. The largest absolute Gasteiger partial charge is 0.389 e. The number of aryl methyl sites for hydroxylation is 1. The van der Waals surface area contributed by atoms with Gasteiger partial charge in [-0.3, -0.25) is 4.68 Å². The summed E-state index contributed by atoms with van der Waals surface area (Å²) < 4.78 is 29.9. The molecule has 0 radical (unpaired) electrons. The number of anilines is 3. The normalized spacial score (nSPS) is 19.9. The zero-order chi connectivity index (χ0) is 22.1. The number of benzene rings is 1. The van der Waals surface area contributed by atoms with E-state index in [1.54, 1.807) is 17.9 Å². The van der Waals surface area contributed by atoms with Gasteiger partial charge in [-0.2, -0.15) is 5.10 Å². The Hall–Kier alpha value is -2.76. The molecule has 1 aliphatic carbocycles. The van der Waals surface area contributed by atoms with E-state index in [2.05, 4.69) is 20.7 Å². The Morgan fingerprint density at radius 1 is 1.23 bits per heavy atom. The number of nitrogens with two attached hydrogens (primary N) is 2. The van der Waals surface area contributed by atoms with Crippen LogP contribution >= 0.6 is 11.3 Å².